The van der Waals surface area contributed by atoms with E-state index in [0.29, 0.717) is 17.9 Å². The summed E-state index contributed by atoms with van der Waals surface area (Å²) in [5, 5.41) is 3.13. The monoisotopic (exact) mass is 240 g/mol. The van der Waals surface area contributed by atoms with Crippen molar-refractivity contribution in [2.45, 2.75) is 52.9 Å². The summed E-state index contributed by atoms with van der Waals surface area (Å²) in [5.41, 5.74) is 6.03. The van der Waals surface area contributed by atoms with Crippen LogP contribution in [0.1, 0.15) is 52.9 Å². The van der Waals surface area contributed by atoms with Crippen molar-refractivity contribution < 1.29 is 4.79 Å². The molecule has 3 heteroatoms. The third-order valence-corrected chi connectivity index (χ3v) is 4.45. The van der Waals surface area contributed by atoms with E-state index in [1.807, 2.05) is 0 Å². The summed E-state index contributed by atoms with van der Waals surface area (Å²) >= 11 is 0. The van der Waals surface area contributed by atoms with Crippen LogP contribution in [0.5, 0.6) is 0 Å². The van der Waals surface area contributed by atoms with E-state index in [-0.39, 0.29) is 11.8 Å². The third kappa shape index (κ3) is 3.70. The Morgan fingerprint density at radius 3 is 2.35 bits per heavy atom. The highest BCUT2D eigenvalue weighted by Gasteiger charge is 2.33. The van der Waals surface area contributed by atoms with E-state index in [0.717, 1.165) is 6.54 Å². The van der Waals surface area contributed by atoms with E-state index in [9.17, 15) is 4.79 Å². The lowest BCUT2D eigenvalue weighted by Gasteiger charge is -2.29. The fourth-order valence-corrected chi connectivity index (χ4v) is 2.87. The number of nitrogens with one attached hydrogen (secondary N) is 1. The van der Waals surface area contributed by atoms with Gasteiger partial charge in [0.1, 0.15) is 0 Å². The lowest BCUT2D eigenvalue weighted by Crippen LogP contribution is -2.42. The largest absolute Gasteiger partial charge is 0.355 e. The van der Waals surface area contributed by atoms with Crippen LogP contribution in [0.25, 0.3) is 0 Å². The molecule has 1 saturated carbocycles. The van der Waals surface area contributed by atoms with Crippen molar-refractivity contribution in [2.24, 2.45) is 23.0 Å². The second kappa shape index (κ2) is 6.39. The second-order valence-electron chi connectivity index (χ2n) is 5.86. The SMILES string of the molecule is CCC1(CNC(=O)C(CN)C(C)C)CCCC1. The smallest absolute Gasteiger partial charge is 0.224 e. The van der Waals surface area contributed by atoms with Gasteiger partial charge in [-0.1, -0.05) is 33.6 Å². The topological polar surface area (TPSA) is 55.1 Å². The molecule has 1 rings (SSSR count). The van der Waals surface area contributed by atoms with E-state index in [4.69, 9.17) is 5.73 Å². The van der Waals surface area contributed by atoms with Crippen LogP contribution in [0, 0.1) is 17.3 Å². The van der Waals surface area contributed by atoms with Gasteiger partial charge in [-0.2, -0.15) is 0 Å². The van der Waals surface area contributed by atoms with Gasteiger partial charge in [-0.15, -0.1) is 0 Å². The van der Waals surface area contributed by atoms with Gasteiger partial charge < -0.3 is 11.1 Å². The van der Waals surface area contributed by atoms with Crippen molar-refractivity contribution in [3.63, 3.8) is 0 Å². The molecule has 0 saturated heterocycles. The van der Waals surface area contributed by atoms with Gasteiger partial charge in [-0.3, -0.25) is 4.79 Å². The van der Waals surface area contributed by atoms with Crippen LogP contribution in [0.15, 0.2) is 0 Å². The molecule has 100 valence electrons. The number of rotatable bonds is 6. The third-order valence-electron chi connectivity index (χ3n) is 4.45. The first-order valence-corrected chi connectivity index (χ1v) is 7.02. The summed E-state index contributed by atoms with van der Waals surface area (Å²) in [6.45, 7) is 7.64. The van der Waals surface area contributed by atoms with Gasteiger partial charge in [0.05, 0.1) is 5.92 Å². The minimum Gasteiger partial charge on any atom is -0.355 e. The van der Waals surface area contributed by atoms with Crippen LogP contribution in [-0.2, 0) is 4.79 Å². The van der Waals surface area contributed by atoms with Gasteiger partial charge in [0.15, 0.2) is 0 Å². The van der Waals surface area contributed by atoms with Gasteiger partial charge >= 0.3 is 0 Å². The van der Waals surface area contributed by atoms with Crippen molar-refractivity contribution in [1.29, 1.82) is 0 Å². The van der Waals surface area contributed by atoms with Crippen molar-refractivity contribution >= 4 is 5.91 Å². The number of hydrogen-bond acceptors (Lipinski definition) is 2. The molecule has 1 aliphatic rings. The number of carbonyl (C=O) groups is 1. The molecule has 3 nitrogen and oxygen atoms in total. The van der Waals surface area contributed by atoms with Crippen LogP contribution >= 0.6 is 0 Å². The van der Waals surface area contributed by atoms with Gasteiger partial charge in [-0.25, -0.2) is 0 Å². The number of nitrogens with two attached hydrogens (primary N) is 1. The average Bonchev–Trinajstić information content (AvgIpc) is 2.76. The van der Waals surface area contributed by atoms with Crippen LogP contribution in [-0.4, -0.2) is 19.0 Å². The zero-order valence-electron chi connectivity index (χ0n) is 11.6. The van der Waals surface area contributed by atoms with Crippen LogP contribution in [0.4, 0.5) is 0 Å². The van der Waals surface area contributed by atoms with Crippen LogP contribution < -0.4 is 11.1 Å². The molecular weight excluding hydrogens is 212 g/mol. The predicted molar refractivity (Wildman–Crippen MR) is 71.6 cm³/mol. The van der Waals surface area contributed by atoms with Crippen molar-refractivity contribution in [2.75, 3.05) is 13.1 Å². The molecule has 0 radical (unpaired) electrons. The van der Waals surface area contributed by atoms with Crippen LogP contribution in [0.3, 0.4) is 0 Å². The van der Waals surface area contributed by atoms with Gasteiger partial charge in [-0.05, 0) is 30.6 Å². The summed E-state index contributed by atoms with van der Waals surface area (Å²) in [6.07, 6.45) is 6.32. The van der Waals surface area contributed by atoms with E-state index in [1.165, 1.54) is 32.1 Å². The minimum absolute atomic E-state index is 0.0368. The minimum atomic E-state index is -0.0368. The molecule has 1 amide bonds. The predicted octanol–water partition coefficient (Wildman–Crippen LogP) is 2.30. The van der Waals surface area contributed by atoms with Gasteiger partial charge in [0.25, 0.3) is 0 Å². The van der Waals surface area contributed by atoms with Gasteiger partial charge in [0.2, 0.25) is 5.91 Å². The Bertz CT molecular complexity index is 245. The highest BCUT2D eigenvalue weighted by molar-refractivity contribution is 5.79. The zero-order chi connectivity index (χ0) is 12.9. The summed E-state index contributed by atoms with van der Waals surface area (Å²) in [7, 11) is 0. The summed E-state index contributed by atoms with van der Waals surface area (Å²) in [6, 6.07) is 0. The lowest BCUT2D eigenvalue weighted by molar-refractivity contribution is -0.126. The number of hydrogen-bond donors (Lipinski definition) is 2. The molecular formula is C14H28N2O. The van der Waals surface area contributed by atoms with Gasteiger partial charge in [0, 0.05) is 13.1 Å². The molecule has 1 fully saturated rings. The molecule has 0 aromatic heterocycles. The molecule has 1 unspecified atom stereocenters. The first-order valence-electron chi connectivity index (χ1n) is 7.02. The quantitative estimate of drug-likeness (QED) is 0.748. The molecule has 0 heterocycles. The highest BCUT2D eigenvalue weighted by Crippen LogP contribution is 2.40. The Morgan fingerprint density at radius 2 is 1.94 bits per heavy atom. The summed E-state index contributed by atoms with van der Waals surface area (Å²) in [4.78, 5) is 12.0. The number of carbonyl (C=O) groups excluding carboxylic acids is 1. The summed E-state index contributed by atoms with van der Waals surface area (Å²) < 4.78 is 0. The second-order valence-corrected chi connectivity index (χ2v) is 5.86. The van der Waals surface area contributed by atoms with Crippen molar-refractivity contribution in [3.05, 3.63) is 0 Å². The molecule has 0 bridgehead atoms. The van der Waals surface area contributed by atoms with E-state index in [2.05, 4.69) is 26.1 Å². The Morgan fingerprint density at radius 1 is 1.35 bits per heavy atom. The maximum absolute atomic E-state index is 12.0. The molecule has 1 atom stereocenters. The van der Waals surface area contributed by atoms with Crippen molar-refractivity contribution in [3.8, 4) is 0 Å². The van der Waals surface area contributed by atoms with E-state index in [1.54, 1.807) is 0 Å². The Kier molecular flexibility index (Phi) is 5.44. The Balaban J connectivity index is 2.46. The lowest BCUT2D eigenvalue weighted by atomic mass is 9.83. The zero-order valence-corrected chi connectivity index (χ0v) is 11.6. The maximum atomic E-state index is 12.0. The average molecular weight is 240 g/mol. The molecule has 0 spiro atoms. The Labute approximate surface area is 106 Å². The summed E-state index contributed by atoms with van der Waals surface area (Å²) in [5.74, 6) is 0.425. The molecule has 0 aliphatic heterocycles. The molecule has 1 aliphatic carbocycles. The normalized spacial score (nSPS) is 20.5. The fourth-order valence-electron chi connectivity index (χ4n) is 2.87. The van der Waals surface area contributed by atoms with Crippen molar-refractivity contribution in [1.82, 2.24) is 5.32 Å². The maximum Gasteiger partial charge on any atom is 0.224 e. The first-order chi connectivity index (χ1) is 8.04. The van der Waals surface area contributed by atoms with E-state index < -0.39 is 0 Å². The molecule has 0 aromatic carbocycles. The highest BCUT2D eigenvalue weighted by atomic mass is 16.1. The molecule has 0 aromatic rings. The van der Waals surface area contributed by atoms with Crippen LogP contribution in [0.2, 0.25) is 0 Å². The first kappa shape index (κ1) is 14.5. The Hall–Kier alpha value is -0.570. The standard InChI is InChI=1S/C14H28N2O/c1-4-14(7-5-6-8-14)10-16-13(17)12(9-15)11(2)3/h11-12H,4-10,15H2,1-3H3,(H,16,17). The number of amides is 1. The fraction of sp³-hybridized carbons (Fsp3) is 0.929. The molecule has 17 heavy (non-hydrogen) atoms. The van der Waals surface area contributed by atoms with E-state index >= 15 is 0 Å². The molecule has 3 N–H and O–H groups in total.